The Morgan fingerprint density at radius 1 is 1.04 bits per heavy atom. The van der Waals surface area contributed by atoms with Crippen molar-refractivity contribution in [2.45, 2.75) is 57.8 Å². The number of hydrogen-bond donors (Lipinski definition) is 0. The van der Waals surface area contributed by atoms with Crippen LogP contribution >= 0.6 is 12.2 Å². The Hall–Kier alpha value is -1.83. The lowest BCUT2D eigenvalue weighted by Crippen LogP contribution is -2.13. The zero-order valence-electron chi connectivity index (χ0n) is 15.4. The fraction of sp³-hybridized carbons (Fsp3) is 0.435. The molecule has 0 aliphatic heterocycles. The van der Waals surface area contributed by atoms with Crippen molar-refractivity contribution in [3.05, 3.63) is 53.8 Å². The van der Waals surface area contributed by atoms with E-state index in [2.05, 4.69) is 53.6 Å². The number of nitrogens with zero attached hydrogens (tertiary/aromatic N) is 1. The van der Waals surface area contributed by atoms with Crippen molar-refractivity contribution in [1.82, 2.24) is 0 Å². The first-order valence-corrected chi connectivity index (χ1v) is 10.1. The number of isothiocyanates is 1. The maximum atomic E-state index is 14.0. The summed E-state index contributed by atoms with van der Waals surface area (Å²) in [6, 6.07) is 13.7. The second-order valence-corrected chi connectivity index (χ2v) is 7.53. The summed E-state index contributed by atoms with van der Waals surface area (Å²) in [4.78, 5) is 3.73. The first kappa shape index (κ1) is 18.9. The van der Waals surface area contributed by atoms with E-state index in [4.69, 9.17) is 0 Å². The fourth-order valence-electron chi connectivity index (χ4n) is 4.05. The number of rotatable bonds is 6. The Bertz CT molecular complexity index is 769. The van der Waals surface area contributed by atoms with E-state index in [9.17, 15) is 4.39 Å². The van der Waals surface area contributed by atoms with Gasteiger partial charge in [0.2, 0.25) is 0 Å². The molecule has 3 heteroatoms. The van der Waals surface area contributed by atoms with Gasteiger partial charge in [-0.25, -0.2) is 4.39 Å². The van der Waals surface area contributed by atoms with Crippen molar-refractivity contribution in [3.8, 4) is 11.1 Å². The molecule has 0 spiro atoms. The molecule has 0 N–H and O–H groups in total. The van der Waals surface area contributed by atoms with E-state index in [1.807, 2.05) is 6.07 Å². The summed E-state index contributed by atoms with van der Waals surface area (Å²) >= 11 is 4.54. The zero-order valence-corrected chi connectivity index (χ0v) is 16.2. The summed E-state index contributed by atoms with van der Waals surface area (Å²) < 4.78 is 14.0. The molecule has 1 saturated carbocycles. The van der Waals surface area contributed by atoms with Gasteiger partial charge in [0.05, 0.1) is 5.16 Å². The average Bonchev–Trinajstić information content (AvgIpc) is 2.69. The highest BCUT2D eigenvalue weighted by molar-refractivity contribution is 7.78. The van der Waals surface area contributed by atoms with Gasteiger partial charge < -0.3 is 0 Å². The number of halogens is 1. The highest BCUT2D eigenvalue weighted by atomic mass is 32.1. The first-order valence-electron chi connectivity index (χ1n) is 9.69. The largest absolute Gasteiger partial charge is 0.205 e. The van der Waals surface area contributed by atoms with Gasteiger partial charge in [-0.1, -0.05) is 56.5 Å². The van der Waals surface area contributed by atoms with E-state index in [1.165, 1.54) is 56.6 Å². The van der Waals surface area contributed by atoms with E-state index in [0.717, 1.165) is 17.0 Å². The van der Waals surface area contributed by atoms with Crippen molar-refractivity contribution in [2.24, 2.45) is 10.9 Å². The molecule has 0 amide bonds. The monoisotopic (exact) mass is 367 g/mol. The fourth-order valence-corrected chi connectivity index (χ4v) is 4.15. The summed E-state index contributed by atoms with van der Waals surface area (Å²) in [5, 5.41) is 2.21. The minimum Gasteiger partial charge on any atom is -0.205 e. The minimum absolute atomic E-state index is 0.236. The molecule has 0 unspecified atom stereocenters. The van der Waals surface area contributed by atoms with Crippen LogP contribution in [0.4, 0.5) is 10.1 Å². The third kappa shape index (κ3) is 4.66. The predicted octanol–water partition coefficient (Wildman–Crippen LogP) is 7.69. The quantitative estimate of drug-likeness (QED) is 0.376. The van der Waals surface area contributed by atoms with E-state index >= 15 is 0 Å². The molecule has 1 nitrogen and oxygen atoms in total. The minimum atomic E-state index is -0.366. The van der Waals surface area contributed by atoms with Gasteiger partial charge in [0.15, 0.2) is 0 Å². The smallest absolute Gasteiger partial charge is 0.150 e. The third-order valence-corrected chi connectivity index (χ3v) is 5.73. The van der Waals surface area contributed by atoms with Crippen LogP contribution in [0.3, 0.4) is 0 Å². The summed E-state index contributed by atoms with van der Waals surface area (Å²) in [5.41, 5.74) is 3.55. The molecule has 2 aromatic rings. The van der Waals surface area contributed by atoms with Gasteiger partial charge in [0, 0.05) is 0 Å². The Kier molecular flexibility index (Phi) is 6.71. The van der Waals surface area contributed by atoms with Crippen molar-refractivity contribution in [3.63, 3.8) is 0 Å². The molecule has 0 heterocycles. The summed E-state index contributed by atoms with van der Waals surface area (Å²) in [6.45, 7) is 2.28. The summed E-state index contributed by atoms with van der Waals surface area (Å²) in [6.07, 6.45) is 9.39. The Morgan fingerprint density at radius 3 is 2.35 bits per heavy atom. The molecule has 0 radical (unpaired) electrons. The summed E-state index contributed by atoms with van der Waals surface area (Å²) in [7, 11) is 0. The van der Waals surface area contributed by atoms with Crippen LogP contribution in [0.2, 0.25) is 0 Å². The topological polar surface area (TPSA) is 12.4 Å². The molecular weight excluding hydrogens is 341 g/mol. The SMILES string of the molecule is CCCCC1CCC(c2ccc(-c3ccc(N=C=S)c(F)c3)cc2)CC1. The second-order valence-electron chi connectivity index (χ2n) is 7.35. The maximum absolute atomic E-state index is 14.0. The predicted molar refractivity (Wildman–Crippen MR) is 111 cm³/mol. The third-order valence-electron chi connectivity index (χ3n) is 5.64. The molecule has 3 rings (SSSR count). The lowest BCUT2D eigenvalue weighted by atomic mass is 9.77. The van der Waals surface area contributed by atoms with Crippen molar-refractivity contribution >= 4 is 23.1 Å². The van der Waals surface area contributed by atoms with E-state index in [-0.39, 0.29) is 11.5 Å². The van der Waals surface area contributed by atoms with Gasteiger partial charge in [0.25, 0.3) is 0 Å². The molecule has 0 saturated heterocycles. The molecule has 136 valence electrons. The number of unbranched alkanes of at least 4 members (excludes halogenated alkanes) is 1. The van der Waals surface area contributed by atoms with Crippen molar-refractivity contribution in [1.29, 1.82) is 0 Å². The Balaban J connectivity index is 1.66. The summed E-state index contributed by atoms with van der Waals surface area (Å²) in [5.74, 6) is 1.24. The van der Waals surface area contributed by atoms with Crippen LogP contribution in [0.15, 0.2) is 47.5 Å². The van der Waals surface area contributed by atoms with E-state index in [0.29, 0.717) is 5.92 Å². The van der Waals surface area contributed by atoms with E-state index < -0.39 is 0 Å². The van der Waals surface area contributed by atoms with Gasteiger partial charge in [-0.3, -0.25) is 0 Å². The standard InChI is InChI=1S/C23H26FNS/c1-2-3-4-17-5-7-18(8-6-17)19-9-11-20(12-10-19)21-13-14-23(25-16-26)22(24)15-21/h9-15,17-18H,2-8H2,1H3. The molecule has 2 aromatic carbocycles. The molecule has 1 aliphatic carbocycles. The highest BCUT2D eigenvalue weighted by Crippen LogP contribution is 2.38. The van der Waals surface area contributed by atoms with Crippen molar-refractivity contribution < 1.29 is 4.39 Å². The van der Waals surface area contributed by atoms with Gasteiger partial charge in [-0.05, 0) is 78.6 Å². The Labute approximate surface area is 161 Å². The molecule has 1 aliphatic rings. The maximum Gasteiger partial charge on any atom is 0.150 e. The van der Waals surface area contributed by atoms with Crippen LogP contribution in [-0.4, -0.2) is 5.16 Å². The van der Waals surface area contributed by atoms with Gasteiger partial charge in [0.1, 0.15) is 11.5 Å². The van der Waals surface area contributed by atoms with Crippen molar-refractivity contribution in [2.75, 3.05) is 0 Å². The second kappa shape index (κ2) is 9.21. The average molecular weight is 368 g/mol. The van der Waals surface area contributed by atoms with Gasteiger partial charge in [-0.2, -0.15) is 4.99 Å². The van der Waals surface area contributed by atoms with Gasteiger partial charge in [-0.15, -0.1) is 0 Å². The van der Waals surface area contributed by atoms with Crippen LogP contribution in [0.25, 0.3) is 11.1 Å². The van der Waals surface area contributed by atoms with Crippen LogP contribution in [0.1, 0.15) is 63.4 Å². The van der Waals surface area contributed by atoms with Gasteiger partial charge >= 0.3 is 0 Å². The molecule has 26 heavy (non-hydrogen) atoms. The molecule has 1 fully saturated rings. The van der Waals surface area contributed by atoms with E-state index in [1.54, 1.807) is 6.07 Å². The first-order chi connectivity index (χ1) is 12.7. The highest BCUT2D eigenvalue weighted by Gasteiger charge is 2.21. The zero-order chi connectivity index (χ0) is 18.4. The lowest BCUT2D eigenvalue weighted by Gasteiger charge is -2.29. The normalized spacial score (nSPS) is 19.8. The van der Waals surface area contributed by atoms with Crippen LogP contribution in [0, 0.1) is 11.7 Å². The molecule has 0 bridgehead atoms. The lowest BCUT2D eigenvalue weighted by molar-refractivity contribution is 0.304. The van der Waals surface area contributed by atoms with Crippen LogP contribution in [-0.2, 0) is 0 Å². The van der Waals surface area contributed by atoms with Crippen LogP contribution < -0.4 is 0 Å². The molecule has 0 aromatic heterocycles. The number of thiocarbonyl (C=S) groups is 1. The number of hydrogen-bond acceptors (Lipinski definition) is 2. The number of aliphatic imine (C=N–C) groups is 1. The Morgan fingerprint density at radius 2 is 1.73 bits per heavy atom. The molecule has 0 atom stereocenters. The van der Waals surface area contributed by atoms with Crippen LogP contribution in [0.5, 0.6) is 0 Å². The molecular formula is C23H26FNS. The number of benzene rings is 2.